The van der Waals surface area contributed by atoms with E-state index in [-0.39, 0.29) is 28.8 Å². The van der Waals surface area contributed by atoms with Crippen molar-refractivity contribution >= 4 is 17.6 Å². The summed E-state index contributed by atoms with van der Waals surface area (Å²) in [6, 6.07) is 2.60. The number of ether oxygens (including phenoxy) is 1. The van der Waals surface area contributed by atoms with Gasteiger partial charge in [0.15, 0.2) is 0 Å². The molecule has 2 fully saturated rings. The Kier molecular flexibility index (Phi) is 5.41. The predicted molar refractivity (Wildman–Crippen MR) is 102 cm³/mol. The van der Waals surface area contributed by atoms with Gasteiger partial charge in [-0.1, -0.05) is 24.5 Å². The van der Waals surface area contributed by atoms with Crippen molar-refractivity contribution in [1.82, 2.24) is 0 Å². The zero-order valence-electron chi connectivity index (χ0n) is 16.0. The molecule has 0 radical (unpaired) electrons. The molecule has 0 aromatic rings. The highest BCUT2D eigenvalue weighted by Gasteiger charge is 2.55. The summed E-state index contributed by atoms with van der Waals surface area (Å²) in [6.45, 7) is 5.98. The van der Waals surface area contributed by atoms with Crippen molar-refractivity contribution in [3.8, 4) is 17.4 Å². The Bertz CT molecular complexity index is 712. The van der Waals surface area contributed by atoms with E-state index in [9.17, 15) is 10.1 Å². The van der Waals surface area contributed by atoms with Gasteiger partial charge in [0, 0.05) is 25.1 Å². The largest absolute Gasteiger partial charge is 0.462 e. The monoisotopic (exact) mass is 373 g/mol. The SMILES string of the molecule is CC(=O)OC1CC[C@@]2(C)C(=CC[C@H]3[C@H](CC#CCl)[C@@](C)(C#N)CC[C@@H]32)C1. The number of hydrogen-bond donors (Lipinski definition) is 0. The zero-order valence-corrected chi connectivity index (χ0v) is 16.7. The summed E-state index contributed by atoms with van der Waals surface area (Å²) >= 11 is 5.63. The Morgan fingerprint density at radius 1 is 1.38 bits per heavy atom. The standard InChI is InChI=1S/C22H28ClNO2/c1-15(25)26-17-8-11-22(3)16(13-17)6-7-18-19(5-4-12-23)21(2,14-24)10-9-20(18)22/h6,17-20H,5,7-11,13H2,1-3H3/t17?,18-,19-,20-,21+,22-/m0/s1. The number of allylic oxidation sites excluding steroid dienone is 1. The molecule has 26 heavy (non-hydrogen) atoms. The van der Waals surface area contributed by atoms with Gasteiger partial charge < -0.3 is 4.74 Å². The number of nitriles is 1. The third-order valence-corrected chi connectivity index (χ3v) is 7.56. The summed E-state index contributed by atoms with van der Waals surface area (Å²) in [5.41, 5.74) is 1.29. The molecule has 0 N–H and O–H groups in total. The number of nitrogens with zero attached hydrogens (tertiary/aromatic N) is 1. The van der Waals surface area contributed by atoms with E-state index in [1.165, 1.54) is 12.5 Å². The highest BCUT2D eigenvalue weighted by Crippen LogP contribution is 2.61. The number of halogens is 1. The van der Waals surface area contributed by atoms with Crippen molar-refractivity contribution in [3.63, 3.8) is 0 Å². The highest BCUT2D eigenvalue weighted by molar-refractivity contribution is 6.30. The smallest absolute Gasteiger partial charge is 0.302 e. The van der Waals surface area contributed by atoms with Crippen LogP contribution in [0.15, 0.2) is 11.6 Å². The average molecular weight is 374 g/mol. The van der Waals surface area contributed by atoms with E-state index in [2.05, 4.69) is 37.3 Å². The van der Waals surface area contributed by atoms with Gasteiger partial charge in [0.1, 0.15) is 6.10 Å². The second-order valence-electron chi connectivity index (χ2n) is 8.78. The van der Waals surface area contributed by atoms with E-state index in [1.54, 1.807) is 0 Å². The van der Waals surface area contributed by atoms with E-state index in [1.807, 2.05) is 0 Å². The lowest BCUT2D eigenvalue weighted by atomic mass is 9.47. The molecule has 3 nitrogen and oxygen atoms in total. The first kappa shape index (κ1) is 19.3. The molecule has 4 heteroatoms. The van der Waals surface area contributed by atoms with Gasteiger partial charge in [0.25, 0.3) is 0 Å². The first-order chi connectivity index (χ1) is 12.3. The molecular formula is C22H28ClNO2. The van der Waals surface area contributed by atoms with Crippen molar-refractivity contribution in [2.75, 3.05) is 0 Å². The average Bonchev–Trinajstić information content (AvgIpc) is 2.60. The first-order valence-corrected chi connectivity index (χ1v) is 10.1. The van der Waals surface area contributed by atoms with Crippen LogP contribution in [0, 0.1) is 51.2 Å². The van der Waals surface area contributed by atoms with Crippen LogP contribution in [0.4, 0.5) is 0 Å². The van der Waals surface area contributed by atoms with Gasteiger partial charge in [-0.15, -0.1) is 0 Å². The maximum absolute atomic E-state index is 11.3. The fourth-order valence-corrected chi connectivity index (χ4v) is 6.02. The number of rotatable bonds is 2. The van der Waals surface area contributed by atoms with Crippen molar-refractivity contribution in [3.05, 3.63) is 11.6 Å². The van der Waals surface area contributed by atoms with E-state index in [0.29, 0.717) is 18.3 Å². The van der Waals surface area contributed by atoms with Gasteiger partial charge in [-0.25, -0.2) is 0 Å². The van der Waals surface area contributed by atoms with Crippen molar-refractivity contribution < 1.29 is 9.53 Å². The summed E-state index contributed by atoms with van der Waals surface area (Å²) in [4.78, 5) is 11.3. The highest BCUT2D eigenvalue weighted by atomic mass is 35.5. The predicted octanol–water partition coefficient (Wildman–Crippen LogP) is 5.20. The molecule has 0 bridgehead atoms. The molecule has 6 atom stereocenters. The fourth-order valence-electron chi connectivity index (χ4n) is 5.95. The van der Waals surface area contributed by atoms with Crippen LogP contribution in [0.5, 0.6) is 0 Å². The van der Waals surface area contributed by atoms with E-state index < -0.39 is 0 Å². The Hall–Kier alpha value is -1.45. The van der Waals surface area contributed by atoms with Crippen molar-refractivity contribution in [1.29, 1.82) is 5.26 Å². The third kappa shape index (κ3) is 3.27. The Balaban J connectivity index is 1.88. The fraction of sp³-hybridized carbons (Fsp3) is 0.727. The van der Waals surface area contributed by atoms with Crippen LogP contribution in [-0.2, 0) is 9.53 Å². The van der Waals surface area contributed by atoms with Crippen LogP contribution in [0.25, 0.3) is 0 Å². The molecule has 0 saturated heterocycles. The van der Waals surface area contributed by atoms with Crippen LogP contribution in [-0.4, -0.2) is 12.1 Å². The molecule has 0 aromatic heterocycles. The van der Waals surface area contributed by atoms with Gasteiger partial charge in [-0.3, -0.25) is 4.79 Å². The Labute approximate surface area is 162 Å². The van der Waals surface area contributed by atoms with Crippen LogP contribution >= 0.6 is 11.6 Å². The molecule has 0 aliphatic heterocycles. The quantitative estimate of drug-likeness (QED) is 0.379. The van der Waals surface area contributed by atoms with Gasteiger partial charge in [-0.05, 0) is 73.8 Å². The maximum atomic E-state index is 11.3. The third-order valence-electron chi connectivity index (χ3n) is 7.43. The lowest BCUT2D eigenvalue weighted by Gasteiger charge is -2.57. The maximum Gasteiger partial charge on any atom is 0.302 e. The number of fused-ring (bicyclic) bond motifs is 3. The second-order valence-corrected chi connectivity index (χ2v) is 8.97. The minimum Gasteiger partial charge on any atom is -0.462 e. The number of esters is 1. The van der Waals surface area contributed by atoms with E-state index >= 15 is 0 Å². The molecular weight excluding hydrogens is 346 g/mol. The minimum atomic E-state index is -0.321. The van der Waals surface area contributed by atoms with E-state index in [4.69, 9.17) is 16.3 Å². The minimum absolute atomic E-state index is 0.0225. The van der Waals surface area contributed by atoms with E-state index in [0.717, 1.165) is 38.5 Å². The molecule has 0 heterocycles. The Morgan fingerprint density at radius 3 is 2.81 bits per heavy atom. The first-order valence-electron chi connectivity index (χ1n) is 9.70. The number of carbonyl (C=O) groups excluding carboxylic acids is 1. The molecule has 2 saturated carbocycles. The lowest BCUT2D eigenvalue weighted by Crippen LogP contribution is -2.50. The Morgan fingerprint density at radius 2 is 2.15 bits per heavy atom. The topological polar surface area (TPSA) is 50.1 Å². The number of carbonyl (C=O) groups is 1. The molecule has 140 valence electrons. The van der Waals surface area contributed by atoms with Gasteiger partial charge in [0.2, 0.25) is 0 Å². The molecule has 3 aliphatic rings. The molecule has 0 amide bonds. The zero-order chi connectivity index (χ0) is 18.9. The molecule has 0 aromatic carbocycles. The van der Waals surface area contributed by atoms with Gasteiger partial charge in [-0.2, -0.15) is 5.26 Å². The van der Waals surface area contributed by atoms with Crippen LogP contribution in [0.3, 0.4) is 0 Å². The summed E-state index contributed by atoms with van der Waals surface area (Å²) in [6.07, 6.45) is 8.95. The summed E-state index contributed by atoms with van der Waals surface area (Å²) in [5, 5.41) is 12.3. The van der Waals surface area contributed by atoms with Crippen molar-refractivity contribution in [2.45, 2.75) is 71.8 Å². The molecule has 3 aliphatic carbocycles. The van der Waals surface area contributed by atoms with Gasteiger partial charge in [0.05, 0.1) is 11.5 Å². The summed E-state index contributed by atoms with van der Waals surface area (Å²) in [7, 11) is 0. The number of hydrogen-bond acceptors (Lipinski definition) is 3. The normalized spacial score (nSPS) is 41.4. The van der Waals surface area contributed by atoms with Crippen LogP contribution in [0.1, 0.15) is 65.7 Å². The molecule has 1 unspecified atom stereocenters. The lowest BCUT2D eigenvalue weighted by molar-refractivity contribution is -0.148. The summed E-state index contributed by atoms with van der Waals surface area (Å²) < 4.78 is 5.49. The van der Waals surface area contributed by atoms with Gasteiger partial charge >= 0.3 is 5.97 Å². The summed E-state index contributed by atoms with van der Waals surface area (Å²) in [5.74, 6) is 4.17. The molecule has 0 spiro atoms. The van der Waals surface area contributed by atoms with Crippen LogP contribution in [0.2, 0.25) is 0 Å². The second kappa shape index (κ2) is 7.28. The molecule has 3 rings (SSSR count). The van der Waals surface area contributed by atoms with Crippen LogP contribution < -0.4 is 0 Å². The van der Waals surface area contributed by atoms with Crippen molar-refractivity contribution in [2.24, 2.45) is 28.6 Å².